The number of anilines is 1. The number of thiazole rings is 1. The van der Waals surface area contributed by atoms with Gasteiger partial charge in [-0.2, -0.15) is 5.10 Å². The summed E-state index contributed by atoms with van der Waals surface area (Å²) in [6.07, 6.45) is 0. The van der Waals surface area contributed by atoms with Crippen LogP contribution in [0.2, 0.25) is 0 Å². The molecule has 4 aromatic rings. The Kier molecular flexibility index (Phi) is 3.73. The zero-order chi connectivity index (χ0) is 17.4. The van der Waals surface area contributed by atoms with Gasteiger partial charge < -0.3 is 0 Å². The largest absolute Gasteiger partial charge is 0.296 e. The molecule has 25 heavy (non-hydrogen) atoms. The van der Waals surface area contributed by atoms with Gasteiger partial charge in [-0.3, -0.25) is 15.2 Å². The molecule has 4 rings (SSSR count). The zero-order valence-corrected chi connectivity index (χ0v) is 13.4. The van der Waals surface area contributed by atoms with E-state index in [0.29, 0.717) is 10.4 Å². The zero-order valence-electron chi connectivity index (χ0n) is 12.6. The van der Waals surface area contributed by atoms with Gasteiger partial charge in [0.15, 0.2) is 16.8 Å². The van der Waals surface area contributed by atoms with Gasteiger partial charge in [0, 0.05) is 11.6 Å². The molecular weight excluding hydrogens is 346 g/mol. The number of benzene rings is 2. The number of nitrogens with one attached hydrogen (secondary N) is 2. The number of amides is 1. The van der Waals surface area contributed by atoms with Crippen LogP contribution in [0.25, 0.3) is 21.5 Å². The van der Waals surface area contributed by atoms with E-state index in [-0.39, 0.29) is 16.3 Å². The van der Waals surface area contributed by atoms with Crippen LogP contribution in [0.15, 0.2) is 48.5 Å². The summed E-state index contributed by atoms with van der Waals surface area (Å²) in [6.45, 7) is 0. The summed E-state index contributed by atoms with van der Waals surface area (Å²) in [5.41, 5.74) is 2.06. The summed E-state index contributed by atoms with van der Waals surface area (Å²) in [5, 5.41) is 9.64. The molecule has 0 aliphatic rings. The summed E-state index contributed by atoms with van der Waals surface area (Å²) in [5.74, 6) is -2.36. The summed E-state index contributed by atoms with van der Waals surface area (Å²) in [7, 11) is 0. The molecule has 0 aliphatic carbocycles. The standard InChI is InChI=1S/C17H10F2N4OS/c18-10-6-13-15(7-11(10)19)25-17(20-13)21-16(24)14-8-12(22-23-14)9-4-2-1-3-5-9/h1-8H,(H,22,23)(H,20,21,24). The van der Waals surface area contributed by atoms with Crippen molar-refractivity contribution in [2.45, 2.75) is 0 Å². The van der Waals surface area contributed by atoms with E-state index >= 15 is 0 Å². The molecule has 8 heteroatoms. The van der Waals surface area contributed by atoms with E-state index in [1.165, 1.54) is 0 Å². The van der Waals surface area contributed by atoms with E-state index in [2.05, 4.69) is 20.5 Å². The fourth-order valence-electron chi connectivity index (χ4n) is 2.34. The van der Waals surface area contributed by atoms with Crippen LogP contribution in [-0.4, -0.2) is 21.1 Å². The van der Waals surface area contributed by atoms with Crippen molar-refractivity contribution in [1.82, 2.24) is 15.2 Å². The van der Waals surface area contributed by atoms with Crippen LogP contribution in [0, 0.1) is 11.6 Å². The number of H-pyrrole nitrogens is 1. The molecule has 0 saturated carbocycles. The molecule has 0 radical (unpaired) electrons. The molecule has 0 unspecified atom stereocenters. The Morgan fingerprint density at radius 1 is 1.08 bits per heavy atom. The minimum atomic E-state index is -0.975. The van der Waals surface area contributed by atoms with Crippen LogP contribution in [0.3, 0.4) is 0 Å². The molecule has 0 saturated heterocycles. The lowest BCUT2D eigenvalue weighted by molar-refractivity contribution is 0.102. The van der Waals surface area contributed by atoms with Gasteiger partial charge in [0.05, 0.1) is 15.9 Å². The van der Waals surface area contributed by atoms with E-state index in [1.54, 1.807) is 6.07 Å². The number of aromatic nitrogens is 3. The predicted octanol–water partition coefficient (Wildman–Crippen LogP) is 4.22. The summed E-state index contributed by atoms with van der Waals surface area (Å²) in [6, 6.07) is 13.1. The highest BCUT2D eigenvalue weighted by molar-refractivity contribution is 7.22. The molecule has 2 N–H and O–H groups in total. The van der Waals surface area contributed by atoms with Crippen molar-refractivity contribution in [3.8, 4) is 11.3 Å². The fourth-order valence-corrected chi connectivity index (χ4v) is 3.20. The Morgan fingerprint density at radius 3 is 2.64 bits per heavy atom. The van der Waals surface area contributed by atoms with Gasteiger partial charge >= 0.3 is 0 Å². The number of fused-ring (bicyclic) bond motifs is 1. The van der Waals surface area contributed by atoms with Crippen molar-refractivity contribution in [2.75, 3.05) is 5.32 Å². The Hall–Kier alpha value is -3.13. The molecule has 2 aromatic heterocycles. The first-order valence-corrected chi connectivity index (χ1v) is 8.09. The molecule has 2 aromatic carbocycles. The van der Waals surface area contributed by atoms with Crippen LogP contribution in [0.4, 0.5) is 13.9 Å². The SMILES string of the molecule is O=C(Nc1nc2cc(F)c(F)cc2s1)c1cc(-c2ccccc2)n[nH]1. The third-order valence-electron chi connectivity index (χ3n) is 3.54. The lowest BCUT2D eigenvalue weighted by Crippen LogP contribution is -2.11. The maximum atomic E-state index is 13.3. The molecule has 0 atom stereocenters. The quantitative estimate of drug-likeness (QED) is 0.577. The average Bonchev–Trinajstić information content (AvgIpc) is 3.23. The lowest BCUT2D eigenvalue weighted by Gasteiger charge is -1.97. The second-order valence-electron chi connectivity index (χ2n) is 5.24. The second kappa shape index (κ2) is 6.06. The Balaban J connectivity index is 1.57. The number of hydrogen-bond acceptors (Lipinski definition) is 4. The minimum absolute atomic E-state index is 0.251. The second-order valence-corrected chi connectivity index (χ2v) is 6.27. The van der Waals surface area contributed by atoms with Crippen LogP contribution in [0.1, 0.15) is 10.5 Å². The molecular formula is C17H10F2N4OS. The van der Waals surface area contributed by atoms with E-state index < -0.39 is 17.5 Å². The smallest absolute Gasteiger partial charge is 0.275 e. The maximum absolute atomic E-state index is 13.3. The Morgan fingerprint density at radius 2 is 1.84 bits per heavy atom. The van der Waals surface area contributed by atoms with Gasteiger partial charge in [-0.15, -0.1) is 0 Å². The lowest BCUT2D eigenvalue weighted by atomic mass is 10.1. The van der Waals surface area contributed by atoms with Crippen molar-refractivity contribution in [3.05, 3.63) is 65.9 Å². The first kappa shape index (κ1) is 15.4. The minimum Gasteiger partial charge on any atom is -0.296 e. The highest BCUT2D eigenvalue weighted by Gasteiger charge is 2.15. The van der Waals surface area contributed by atoms with Gasteiger partial charge in [0.2, 0.25) is 0 Å². The predicted molar refractivity (Wildman–Crippen MR) is 91.5 cm³/mol. The average molecular weight is 356 g/mol. The number of hydrogen-bond donors (Lipinski definition) is 2. The highest BCUT2D eigenvalue weighted by atomic mass is 32.1. The molecule has 2 heterocycles. The third-order valence-corrected chi connectivity index (χ3v) is 4.48. The summed E-state index contributed by atoms with van der Waals surface area (Å²) >= 11 is 1.06. The summed E-state index contributed by atoms with van der Waals surface area (Å²) < 4.78 is 26.9. The normalized spacial score (nSPS) is 11.0. The number of aromatic amines is 1. The van der Waals surface area contributed by atoms with Crippen LogP contribution < -0.4 is 5.32 Å². The number of halogens is 2. The molecule has 124 valence electrons. The van der Waals surface area contributed by atoms with Crippen LogP contribution >= 0.6 is 11.3 Å². The van der Waals surface area contributed by atoms with Crippen molar-refractivity contribution in [2.24, 2.45) is 0 Å². The van der Waals surface area contributed by atoms with Crippen molar-refractivity contribution in [1.29, 1.82) is 0 Å². The number of nitrogens with zero attached hydrogens (tertiary/aromatic N) is 2. The van der Waals surface area contributed by atoms with E-state index in [9.17, 15) is 13.6 Å². The van der Waals surface area contributed by atoms with Crippen LogP contribution in [-0.2, 0) is 0 Å². The first-order chi connectivity index (χ1) is 12.1. The van der Waals surface area contributed by atoms with E-state index in [1.807, 2.05) is 30.3 Å². The molecule has 5 nitrogen and oxygen atoms in total. The molecule has 0 aliphatic heterocycles. The topological polar surface area (TPSA) is 70.7 Å². The van der Waals surface area contributed by atoms with Crippen molar-refractivity contribution >= 4 is 32.6 Å². The monoisotopic (exact) mass is 356 g/mol. The fraction of sp³-hybridized carbons (Fsp3) is 0. The molecule has 0 bridgehead atoms. The molecule has 0 fully saturated rings. The Bertz CT molecular complexity index is 1040. The van der Waals surface area contributed by atoms with Gasteiger partial charge in [0.1, 0.15) is 5.69 Å². The van der Waals surface area contributed by atoms with Gasteiger partial charge in [-0.1, -0.05) is 41.7 Å². The Labute approximate surface area is 144 Å². The highest BCUT2D eigenvalue weighted by Crippen LogP contribution is 2.28. The van der Waals surface area contributed by atoms with E-state index in [4.69, 9.17) is 0 Å². The number of carbonyl (C=O) groups is 1. The van der Waals surface area contributed by atoms with Crippen molar-refractivity contribution in [3.63, 3.8) is 0 Å². The van der Waals surface area contributed by atoms with Crippen molar-refractivity contribution < 1.29 is 13.6 Å². The van der Waals surface area contributed by atoms with Gasteiger partial charge in [-0.05, 0) is 12.1 Å². The van der Waals surface area contributed by atoms with Crippen LogP contribution in [0.5, 0.6) is 0 Å². The van der Waals surface area contributed by atoms with Gasteiger partial charge in [0.25, 0.3) is 5.91 Å². The maximum Gasteiger partial charge on any atom is 0.275 e. The first-order valence-electron chi connectivity index (χ1n) is 7.28. The number of rotatable bonds is 3. The number of carbonyl (C=O) groups excluding carboxylic acids is 1. The van der Waals surface area contributed by atoms with E-state index in [0.717, 1.165) is 29.0 Å². The molecule has 0 spiro atoms. The van der Waals surface area contributed by atoms with Gasteiger partial charge in [-0.25, -0.2) is 13.8 Å². The molecule has 1 amide bonds. The summed E-state index contributed by atoms with van der Waals surface area (Å²) in [4.78, 5) is 16.4. The third kappa shape index (κ3) is 2.99.